The molecule has 0 amide bonds. The summed E-state index contributed by atoms with van der Waals surface area (Å²) in [5.74, 6) is -1.56. The maximum atomic E-state index is 11.0. The molecule has 0 saturated carbocycles. The molecular weight excluding hydrogens is 158 g/mol. The maximum absolute atomic E-state index is 11.0. The molecule has 0 N–H and O–H groups in total. The van der Waals surface area contributed by atoms with E-state index in [1.54, 1.807) is 0 Å². The van der Waals surface area contributed by atoms with E-state index < -0.39 is 17.5 Å². The summed E-state index contributed by atoms with van der Waals surface area (Å²) < 4.78 is 4.75. The number of ketones is 1. The van der Waals surface area contributed by atoms with Gasteiger partial charge >= 0.3 is 5.97 Å². The summed E-state index contributed by atoms with van der Waals surface area (Å²) in [6.45, 7) is 2.84. The van der Waals surface area contributed by atoms with Crippen molar-refractivity contribution in [2.75, 3.05) is 0 Å². The number of carbonyl (C=O) groups excluding carboxylic acids is 2. The van der Waals surface area contributed by atoms with Gasteiger partial charge in [-0.3, -0.25) is 9.59 Å². The van der Waals surface area contributed by atoms with Crippen molar-refractivity contribution < 1.29 is 14.3 Å². The molecule has 4 nitrogen and oxygen atoms in total. The topological polar surface area (TPSA) is 67.2 Å². The molecule has 1 aliphatic rings. The predicted molar refractivity (Wildman–Crippen MR) is 38.9 cm³/mol. The molecule has 2 atom stereocenters. The smallest absolute Gasteiger partial charge is 0.318 e. The summed E-state index contributed by atoms with van der Waals surface area (Å²) in [5, 5.41) is 8.60. The van der Waals surface area contributed by atoms with E-state index in [1.807, 2.05) is 6.07 Å². The van der Waals surface area contributed by atoms with Gasteiger partial charge in [-0.15, -0.1) is 0 Å². The molecule has 1 fully saturated rings. The van der Waals surface area contributed by atoms with Crippen LogP contribution in [0.15, 0.2) is 0 Å². The third-order valence-corrected chi connectivity index (χ3v) is 1.93. The Morgan fingerprint density at radius 3 is 2.67 bits per heavy atom. The van der Waals surface area contributed by atoms with Gasteiger partial charge in [0.15, 0.2) is 5.60 Å². The second-order valence-corrected chi connectivity index (χ2v) is 3.13. The van der Waals surface area contributed by atoms with Gasteiger partial charge < -0.3 is 4.74 Å². The van der Waals surface area contributed by atoms with Crippen LogP contribution < -0.4 is 0 Å². The van der Waals surface area contributed by atoms with Crippen LogP contribution in [-0.2, 0) is 14.3 Å². The lowest BCUT2D eigenvalue weighted by molar-refractivity contribution is -0.148. The van der Waals surface area contributed by atoms with E-state index in [2.05, 4.69) is 0 Å². The quantitative estimate of drug-likeness (QED) is 0.419. The number of nitrogens with zero attached hydrogens (tertiary/aromatic N) is 1. The zero-order valence-corrected chi connectivity index (χ0v) is 6.96. The van der Waals surface area contributed by atoms with Gasteiger partial charge in [0, 0.05) is 6.42 Å². The van der Waals surface area contributed by atoms with Crippen molar-refractivity contribution in [2.24, 2.45) is 5.92 Å². The number of carbonyl (C=O) groups is 2. The number of hydrogen-bond donors (Lipinski definition) is 0. The highest BCUT2D eigenvalue weighted by atomic mass is 16.6. The molecule has 1 rings (SSSR count). The zero-order valence-electron chi connectivity index (χ0n) is 6.96. The number of cyclic esters (lactones) is 1. The Morgan fingerprint density at radius 2 is 2.42 bits per heavy atom. The minimum atomic E-state index is -1.10. The van der Waals surface area contributed by atoms with Gasteiger partial charge in [-0.05, 0) is 13.8 Å². The van der Waals surface area contributed by atoms with Crippen molar-refractivity contribution in [3.8, 4) is 6.07 Å². The van der Waals surface area contributed by atoms with Gasteiger partial charge in [-0.2, -0.15) is 5.26 Å². The molecule has 0 bridgehead atoms. The highest BCUT2D eigenvalue weighted by Gasteiger charge is 2.45. The Balaban J connectivity index is 2.83. The van der Waals surface area contributed by atoms with E-state index in [0.29, 0.717) is 0 Å². The van der Waals surface area contributed by atoms with Crippen LogP contribution in [0.1, 0.15) is 20.3 Å². The first-order valence-corrected chi connectivity index (χ1v) is 3.63. The van der Waals surface area contributed by atoms with Crippen LogP contribution in [0.25, 0.3) is 0 Å². The lowest BCUT2D eigenvalue weighted by atomic mass is 9.94. The molecule has 1 heterocycles. The van der Waals surface area contributed by atoms with E-state index >= 15 is 0 Å². The number of esters is 1. The monoisotopic (exact) mass is 167 g/mol. The van der Waals surface area contributed by atoms with E-state index in [9.17, 15) is 9.59 Å². The van der Waals surface area contributed by atoms with Crippen LogP contribution in [0.2, 0.25) is 0 Å². The first-order chi connectivity index (χ1) is 5.48. The highest BCUT2D eigenvalue weighted by molar-refractivity contribution is 5.99. The van der Waals surface area contributed by atoms with Crippen LogP contribution in [0.4, 0.5) is 0 Å². The summed E-state index contributed by atoms with van der Waals surface area (Å²) >= 11 is 0. The molecule has 0 aliphatic carbocycles. The van der Waals surface area contributed by atoms with Gasteiger partial charge in [-0.1, -0.05) is 0 Å². The average molecular weight is 167 g/mol. The number of hydrogen-bond acceptors (Lipinski definition) is 4. The molecule has 1 saturated heterocycles. The molecule has 1 aliphatic heterocycles. The second-order valence-electron chi connectivity index (χ2n) is 3.13. The van der Waals surface area contributed by atoms with Crippen LogP contribution in [0.5, 0.6) is 0 Å². The van der Waals surface area contributed by atoms with Crippen molar-refractivity contribution in [3.05, 3.63) is 0 Å². The lowest BCUT2D eigenvalue weighted by Crippen LogP contribution is -2.20. The van der Waals surface area contributed by atoms with Crippen LogP contribution in [0.3, 0.4) is 0 Å². The molecule has 12 heavy (non-hydrogen) atoms. The first-order valence-electron chi connectivity index (χ1n) is 3.63. The molecule has 64 valence electrons. The van der Waals surface area contributed by atoms with Crippen molar-refractivity contribution in [2.45, 2.75) is 25.9 Å². The Morgan fingerprint density at radius 1 is 1.83 bits per heavy atom. The second kappa shape index (κ2) is 2.59. The molecule has 2 unspecified atom stereocenters. The summed E-state index contributed by atoms with van der Waals surface area (Å²) in [6.07, 6.45) is 0.178. The van der Waals surface area contributed by atoms with Gasteiger partial charge in [-0.25, -0.2) is 0 Å². The number of ether oxygens (including phenoxy) is 1. The molecule has 0 aromatic heterocycles. The molecule has 0 radical (unpaired) electrons. The van der Waals surface area contributed by atoms with E-state index in [4.69, 9.17) is 10.00 Å². The van der Waals surface area contributed by atoms with Crippen molar-refractivity contribution in [1.82, 2.24) is 0 Å². The molecule has 0 aromatic rings. The maximum Gasteiger partial charge on any atom is 0.318 e. The summed E-state index contributed by atoms with van der Waals surface area (Å²) in [4.78, 5) is 21.8. The number of Topliss-reactive ketones (excluding diaryl/α,β-unsaturated/α-hetero) is 1. The summed E-state index contributed by atoms with van der Waals surface area (Å²) in [5.41, 5.74) is -1.10. The molecule has 0 spiro atoms. The Hall–Kier alpha value is -1.37. The van der Waals surface area contributed by atoms with Crippen molar-refractivity contribution in [3.63, 3.8) is 0 Å². The van der Waals surface area contributed by atoms with Crippen LogP contribution in [0, 0.1) is 17.2 Å². The summed E-state index contributed by atoms with van der Waals surface area (Å²) in [7, 11) is 0. The Kier molecular flexibility index (Phi) is 1.89. The minimum Gasteiger partial charge on any atom is -0.443 e. The van der Waals surface area contributed by atoms with Gasteiger partial charge in [0.05, 0.1) is 0 Å². The first kappa shape index (κ1) is 8.72. The standard InChI is InChI=1S/C8H9NO3/c1-5(10)6-3-8(2,4-9)12-7(6)11/h6H,3H2,1-2H3. The Labute approximate surface area is 70.1 Å². The minimum absolute atomic E-state index is 0.178. The van der Waals surface area contributed by atoms with Crippen molar-refractivity contribution >= 4 is 11.8 Å². The fourth-order valence-corrected chi connectivity index (χ4v) is 1.19. The SMILES string of the molecule is CC(=O)C1CC(C)(C#N)OC1=O. The third kappa shape index (κ3) is 1.30. The van der Waals surface area contributed by atoms with Crippen LogP contribution >= 0.6 is 0 Å². The predicted octanol–water partition coefficient (Wildman–Crippen LogP) is 0.421. The van der Waals surface area contributed by atoms with Gasteiger partial charge in [0.25, 0.3) is 0 Å². The molecular formula is C8H9NO3. The van der Waals surface area contributed by atoms with E-state index in [-0.39, 0.29) is 12.2 Å². The Bertz CT molecular complexity index is 279. The highest BCUT2D eigenvalue weighted by Crippen LogP contribution is 2.30. The lowest BCUT2D eigenvalue weighted by Gasteiger charge is -2.10. The van der Waals surface area contributed by atoms with Gasteiger partial charge in [0.1, 0.15) is 17.8 Å². The molecule has 0 aromatic carbocycles. The van der Waals surface area contributed by atoms with E-state index in [1.165, 1.54) is 13.8 Å². The van der Waals surface area contributed by atoms with E-state index in [0.717, 1.165) is 0 Å². The third-order valence-electron chi connectivity index (χ3n) is 1.93. The van der Waals surface area contributed by atoms with Crippen LogP contribution in [-0.4, -0.2) is 17.4 Å². The zero-order chi connectivity index (χ0) is 9.35. The number of nitriles is 1. The fraction of sp³-hybridized carbons (Fsp3) is 0.625. The average Bonchev–Trinajstić information content (AvgIpc) is 2.28. The summed E-state index contributed by atoms with van der Waals surface area (Å²) in [6, 6.07) is 1.86. The normalized spacial score (nSPS) is 34.1. The van der Waals surface area contributed by atoms with Gasteiger partial charge in [0.2, 0.25) is 0 Å². The molecule has 4 heteroatoms. The largest absolute Gasteiger partial charge is 0.443 e. The van der Waals surface area contributed by atoms with Crippen molar-refractivity contribution in [1.29, 1.82) is 5.26 Å². The number of rotatable bonds is 1. The fourth-order valence-electron chi connectivity index (χ4n) is 1.19.